The maximum atomic E-state index is 12.5. The topological polar surface area (TPSA) is 94.5 Å². The van der Waals surface area contributed by atoms with Gasteiger partial charge in [0.2, 0.25) is 0 Å². The van der Waals surface area contributed by atoms with Crippen molar-refractivity contribution in [3.63, 3.8) is 0 Å². The Hall–Kier alpha value is -3.10. The molecule has 0 bridgehead atoms. The van der Waals surface area contributed by atoms with E-state index in [9.17, 15) is 14.7 Å². The van der Waals surface area contributed by atoms with Gasteiger partial charge in [-0.05, 0) is 43.0 Å². The highest BCUT2D eigenvalue weighted by Crippen LogP contribution is 2.15. The number of benzene rings is 2. The molecule has 8 heteroatoms. The molecule has 0 saturated heterocycles. The first-order valence-corrected chi connectivity index (χ1v) is 12.6. The number of aliphatic carboxylic acids is 1. The number of nitrogens with zero attached hydrogens (tertiary/aromatic N) is 1. The van der Waals surface area contributed by atoms with Gasteiger partial charge >= 0.3 is 12.1 Å². The number of amides is 1. The number of hydrogen-bond donors (Lipinski definition) is 1. The third-order valence-electron chi connectivity index (χ3n) is 5.43. The van der Waals surface area contributed by atoms with Crippen LogP contribution >= 0.6 is 0 Å². The average Bonchev–Trinajstić information content (AvgIpc) is 2.88. The number of carbonyl (C=O) groups excluding carboxylic acids is 1. The number of carboxylic acids is 1. The van der Waals surface area contributed by atoms with Crippen LogP contribution in [0.4, 0.5) is 4.79 Å². The molecule has 0 aromatic heterocycles. The van der Waals surface area contributed by atoms with Crippen molar-refractivity contribution in [1.82, 2.24) is 4.90 Å². The van der Waals surface area contributed by atoms with Gasteiger partial charge in [-0.2, -0.15) is 0 Å². The zero-order valence-electron chi connectivity index (χ0n) is 21.4. The van der Waals surface area contributed by atoms with Crippen LogP contribution in [-0.4, -0.2) is 67.7 Å². The number of hydrogen-bond acceptors (Lipinski definition) is 6. The van der Waals surface area contributed by atoms with Crippen molar-refractivity contribution >= 4 is 12.1 Å². The Kier molecular flexibility index (Phi) is 14.0. The largest absolute Gasteiger partial charge is 0.492 e. The lowest BCUT2D eigenvalue weighted by atomic mass is 10.1. The van der Waals surface area contributed by atoms with Crippen LogP contribution in [0.1, 0.15) is 44.2 Å². The molecule has 198 valence electrons. The highest BCUT2D eigenvalue weighted by atomic mass is 16.6. The smallest absolute Gasteiger partial charge is 0.409 e. The molecule has 1 unspecified atom stereocenters. The summed E-state index contributed by atoms with van der Waals surface area (Å²) in [6.07, 6.45) is 1.54. The Morgan fingerprint density at radius 2 is 1.64 bits per heavy atom. The lowest BCUT2D eigenvalue weighted by Crippen LogP contribution is -2.36. The van der Waals surface area contributed by atoms with Gasteiger partial charge in [0.05, 0.1) is 19.8 Å². The minimum absolute atomic E-state index is 0.285. The van der Waals surface area contributed by atoms with E-state index in [0.717, 1.165) is 24.0 Å². The van der Waals surface area contributed by atoms with Gasteiger partial charge in [0.15, 0.2) is 6.10 Å². The first-order chi connectivity index (χ1) is 17.5. The molecule has 2 aromatic carbocycles. The van der Waals surface area contributed by atoms with Gasteiger partial charge in [0.25, 0.3) is 0 Å². The lowest BCUT2D eigenvalue weighted by Gasteiger charge is -2.22. The Labute approximate surface area is 214 Å². The fourth-order valence-electron chi connectivity index (χ4n) is 3.44. The number of ether oxygens (including phenoxy) is 4. The predicted molar refractivity (Wildman–Crippen MR) is 137 cm³/mol. The van der Waals surface area contributed by atoms with Crippen LogP contribution in [0, 0.1) is 0 Å². The highest BCUT2D eigenvalue weighted by molar-refractivity contribution is 5.72. The van der Waals surface area contributed by atoms with Crippen molar-refractivity contribution < 1.29 is 33.6 Å². The van der Waals surface area contributed by atoms with Crippen LogP contribution in [-0.2, 0) is 32.0 Å². The molecule has 8 nitrogen and oxygen atoms in total. The summed E-state index contributed by atoms with van der Waals surface area (Å²) in [6.45, 7) is 6.85. The second-order valence-corrected chi connectivity index (χ2v) is 8.33. The molecule has 0 aliphatic heterocycles. The summed E-state index contributed by atoms with van der Waals surface area (Å²) < 4.78 is 22.2. The molecule has 0 aliphatic rings. The van der Waals surface area contributed by atoms with Gasteiger partial charge in [-0.3, -0.25) is 0 Å². The van der Waals surface area contributed by atoms with E-state index in [0.29, 0.717) is 58.3 Å². The van der Waals surface area contributed by atoms with Gasteiger partial charge in [0.1, 0.15) is 12.4 Å². The van der Waals surface area contributed by atoms with Crippen molar-refractivity contribution in [1.29, 1.82) is 0 Å². The van der Waals surface area contributed by atoms with Gasteiger partial charge in [-0.15, -0.1) is 0 Å². The van der Waals surface area contributed by atoms with Crippen LogP contribution in [0.25, 0.3) is 0 Å². The lowest BCUT2D eigenvalue weighted by molar-refractivity contribution is -0.149. The average molecular weight is 502 g/mol. The summed E-state index contributed by atoms with van der Waals surface area (Å²) in [4.78, 5) is 25.5. The summed E-state index contributed by atoms with van der Waals surface area (Å²) in [6, 6.07) is 17.2. The van der Waals surface area contributed by atoms with E-state index in [1.807, 2.05) is 49.4 Å². The van der Waals surface area contributed by atoms with E-state index in [1.165, 1.54) is 0 Å². The van der Waals surface area contributed by atoms with E-state index in [4.69, 9.17) is 18.9 Å². The maximum absolute atomic E-state index is 12.5. The van der Waals surface area contributed by atoms with Crippen LogP contribution in [0.5, 0.6) is 5.75 Å². The van der Waals surface area contributed by atoms with E-state index < -0.39 is 12.1 Å². The SMILES string of the molecule is CCCCOC(=O)N(CCCOCc1ccccc1)CCOc1ccc(CC(OCC)C(=O)O)cc1. The summed E-state index contributed by atoms with van der Waals surface area (Å²) >= 11 is 0. The van der Waals surface area contributed by atoms with Crippen LogP contribution in [0.2, 0.25) is 0 Å². The van der Waals surface area contributed by atoms with Crippen molar-refractivity contribution in [3.05, 3.63) is 65.7 Å². The van der Waals surface area contributed by atoms with E-state index in [-0.39, 0.29) is 12.5 Å². The Balaban J connectivity index is 1.79. The third-order valence-corrected chi connectivity index (χ3v) is 5.43. The Morgan fingerprint density at radius 3 is 2.31 bits per heavy atom. The zero-order valence-corrected chi connectivity index (χ0v) is 21.4. The molecule has 0 radical (unpaired) electrons. The predicted octanol–water partition coefficient (Wildman–Crippen LogP) is 4.94. The zero-order chi connectivity index (χ0) is 26.0. The first-order valence-electron chi connectivity index (χ1n) is 12.6. The first kappa shape index (κ1) is 29.1. The molecule has 36 heavy (non-hydrogen) atoms. The molecule has 2 aromatic rings. The second kappa shape index (κ2) is 17.3. The molecular weight excluding hydrogens is 462 g/mol. The summed E-state index contributed by atoms with van der Waals surface area (Å²) in [5, 5.41) is 9.25. The molecule has 1 atom stereocenters. The fraction of sp³-hybridized carbons (Fsp3) is 0.500. The molecule has 0 heterocycles. The molecule has 1 N–H and O–H groups in total. The van der Waals surface area contributed by atoms with Crippen molar-refractivity contribution in [2.45, 2.75) is 52.2 Å². The normalized spacial score (nSPS) is 11.6. The molecule has 0 spiro atoms. The Morgan fingerprint density at radius 1 is 0.889 bits per heavy atom. The van der Waals surface area contributed by atoms with E-state index in [2.05, 4.69) is 0 Å². The standard InChI is InChI=1S/C28H39NO7/c1-3-5-19-36-28(32)29(16-9-18-33-22-24-10-7-6-8-11-24)17-20-35-25-14-12-23(13-15-25)21-26(27(30)31)34-4-2/h6-8,10-15,26H,3-5,9,16-22H2,1-2H3,(H,30,31). The molecule has 1 amide bonds. The van der Waals surface area contributed by atoms with Crippen LogP contribution in [0.15, 0.2) is 54.6 Å². The summed E-state index contributed by atoms with van der Waals surface area (Å²) in [7, 11) is 0. The molecule has 0 aliphatic carbocycles. The highest BCUT2D eigenvalue weighted by Gasteiger charge is 2.18. The van der Waals surface area contributed by atoms with E-state index >= 15 is 0 Å². The Bertz CT molecular complexity index is 873. The van der Waals surface area contributed by atoms with Crippen molar-refractivity contribution in [2.24, 2.45) is 0 Å². The third kappa shape index (κ3) is 11.6. The molecular formula is C28H39NO7. The van der Waals surface area contributed by atoms with Gasteiger partial charge in [-0.1, -0.05) is 55.8 Å². The number of unbranched alkanes of at least 4 members (excludes halogenated alkanes) is 1. The van der Waals surface area contributed by atoms with Crippen molar-refractivity contribution in [3.8, 4) is 5.75 Å². The van der Waals surface area contributed by atoms with Gasteiger partial charge < -0.3 is 29.0 Å². The fourth-order valence-corrected chi connectivity index (χ4v) is 3.44. The second-order valence-electron chi connectivity index (χ2n) is 8.33. The van der Waals surface area contributed by atoms with Crippen LogP contribution < -0.4 is 4.74 Å². The number of carboxylic acid groups (broad SMARTS) is 1. The van der Waals surface area contributed by atoms with E-state index in [1.54, 1.807) is 24.0 Å². The minimum atomic E-state index is -0.978. The molecule has 0 saturated carbocycles. The summed E-state index contributed by atoms with van der Waals surface area (Å²) in [5.74, 6) is -0.332. The number of carbonyl (C=O) groups is 2. The monoisotopic (exact) mass is 501 g/mol. The molecule has 0 fully saturated rings. The van der Waals surface area contributed by atoms with Gasteiger partial charge in [0, 0.05) is 26.2 Å². The van der Waals surface area contributed by atoms with Crippen molar-refractivity contribution in [2.75, 3.05) is 39.5 Å². The number of rotatable bonds is 18. The quantitative estimate of drug-likeness (QED) is 0.289. The summed E-state index contributed by atoms with van der Waals surface area (Å²) in [5.41, 5.74) is 1.96. The molecule has 2 rings (SSSR count). The van der Waals surface area contributed by atoms with Gasteiger partial charge in [-0.25, -0.2) is 9.59 Å². The minimum Gasteiger partial charge on any atom is -0.492 e. The van der Waals surface area contributed by atoms with Crippen LogP contribution in [0.3, 0.4) is 0 Å². The maximum Gasteiger partial charge on any atom is 0.409 e.